The Morgan fingerprint density at radius 3 is 2.44 bits per heavy atom. The third-order valence-electron chi connectivity index (χ3n) is 4.87. The summed E-state index contributed by atoms with van der Waals surface area (Å²) < 4.78 is 0. The summed E-state index contributed by atoms with van der Waals surface area (Å²) in [6.45, 7) is 5.89. The summed E-state index contributed by atoms with van der Waals surface area (Å²) >= 11 is 5.29. The number of carbonyl (C=O) groups is 2. The molecule has 140 valence electrons. The molecule has 1 fully saturated rings. The predicted octanol–water partition coefficient (Wildman–Crippen LogP) is 3.36. The molecule has 0 aromatic heterocycles. The van der Waals surface area contributed by atoms with Gasteiger partial charge in [-0.2, -0.15) is 5.01 Å². The number of carbonyl (C=O) groups excluding carboxylic acids is 2. The predicted molar refractivity (Wildman–Crippen MR) is 109 cm³/mol. The van der Waals surface area contributed by atoms with Crippen LogP contribution in [0.3, 0.4) is 0 Å². The third-order valence-corrected chi connectivity index (χ3v) is 5.06. The second-order valence-corrected chi connectivity index (χ2v) is 6.97. The molecular weight excluding hydrogens is 360 g/mol. The maximum absolute atomic E-state index is 13.0. The highest BCUT2D eigenvalue weighted by atomic mass is 32.1. The molecule has 6 nitrogen and oxygen atoms in total. The number of nitrogens with one attached hydrogen (secondary N) is 3. The Kier molecular flexibility index (Phi) is 5.14. The van der Waals surface area contributed by atoms with Gasteiger partial charge in [0.25, 0.3) is 5.91 Å². The van der Waals surface area contributed by atoms with Gasteiger partial charge in [-0.05, 0) is 61.3 Å². The molecule has 1 saturated heterocycles. The van der Waals surface area contributed by atoms with Crippen molar-refractivity contribution in [3.63, 3.8) is 0 Å². The molecule has 0 unspecified atom stereocenters. The molecular formula is C20H22N4O2S. The van der Waals surface area contributed by atoms with E-state index >= 15 is 0 Å². The lowest BCUT2D eigenvalue weighted by atomic mass is 9.87. The van der Waals surface area contributed by atoms with Gasteiger partial charge in [0.1, 0.15) is 5.54 Å². The fourth-order valence-corrected chi connectivity index (χ4v) is 3.33. The lowest BCUT2D eigenvalue weighted by molar-refractivity contribution is -0.133. The van der Waals surface area contributed by atoms with Crippen molar-refractivity contribution in [3.8, 4) is 0 Å². The van der Waals surface area contributed by atoms with Gasteiger partial charge in [0.05, 0.1) is 0 Å². The average molecular weight is 382 g/mol. The summed E-state index contributed by atoms with van der Waals surface area (Å²) in [5.41, 5.74) is 5.43. The number of aryl methyl sites for hydroxylation is 2. The highest BCUT2D eigenvalue weighted by molar-refractivity contribution is 7.80. The van der Waals surface area contributed by atoms with Crippen molar-refractivity contribution in [2.45, 2.75) is 32.7 Å². The van der Waals surface area contributed by atoms with E-state index in [0.29, 0.717) is 6.42 Å². The second kappa shape index (κ2) is 7.36. The third kappa shape index (κ3) is 3.50. The first-order valence-electron chi connectivity index (χ1n) is 8.74. The number of hydrogen-bond donors (Lipinski definition) is 3. The summed E-state index contributed by atoms with van der Waals surface area (Å²) in [5.74, 6) is -0.384. The smallest absolute Gasteiger partial charge is 0.331 e. The average Bonchev–Trinajstić information content (AvgIpc) is 2.90. The van der Waals surface area contributed by atoms with Gasteiger partial charge in [0.2, 0.25) is 0 Å². The monoisotopic (exact) mass is 382 g/mol. The number of urea groups is 1. The molecule has 3 rings (SSSR count). The molecule has 27 heavy (non-hydrogen) atoms. The van der Waals surface area contributed by atoms with E-state index in [1.54, 1.807) is 0 Å². The number of thiocarbonyl (C=S) groups is 1. The maximum atomic E-state index is 13.0. The number of anilines is 1. The van der Waals surface area contributed by atoms with E-state index in [2.05, 4.69) is 16.1 Å². The standard InChI is InChI=1S/C20H22N4O2S/c1-4-20(15-8-6-5-7-9-15)17(25)24(19(26)22-20)23-18(27)21-16-11-10-13(2)14(3)12-16/h5-12H,4H2,1-3H3,(H,22,26)(H2,21,23,27)/t20-/m1/s1. The van der Waals surface area contributed by atoms with Gasteiger partial charge in [0, 0.05) is 5.69 Å². The Morgan fingerprint density at radius 1 is 1.11 bits per heavy atom. The van der Waals surface area contributed by atoms with Gasteiger partial charge in [-0.1, -0.05) is 43.3 Å². The molecule has 2 aromatic rings. The Labute approximate surface area is 163 Å². The molecule has 1 heterocycles. The molecule has 3 N–H and O–H groups in total. The van der Waals surface area contributed by atoms with Crippen molar-refractivity contribution < 1.29 is 9.59 Å². The fourth-order valence-electron chi connectivity index (χ4n) is 3.12. The van der Waals surface area contributed by atoms with Crippen LogP contribution in [0.5, 0.6) is 0 Å². The molecule has 3 amide bonds. The Morgan fingerprint density at radius 2 is 1.81 bits per heavy atom. The first-order chi connectivity index (χ1) is 12.9. The molecule has 0 saturated carbocycles. The van der Waals surface area contributed by atoms with E-state index in [1.165, 1.54) is 5.56 Å². The van der Waals surface area contributed by atoms with E-state index in [1.807, 2.05) is 69.3 Å². The van der Waals surface area contributed by atoms with Crippen LogP contribution in [0.2, 0.25) is 0 Å². The minimum atomic E-state index is -1.10. The van der Waals surface area contributed by atoms with Crippen LogP contribution in [0.15, 0.2) is 48.5 Å². The molecule has 7 heteroatoms. The normalized spacial score (nSPS) is 19.0. The van der Waals surface area contributed by atoms with Crippen LogP contribution in [-0.2, 0) is 10.3 Å². The summed E-state index contributed by atoms with van der Waals surface area (Å²) in [5, 5.41) is 6.92. The number of hydrogen-bond acceptors (Lipinski definition) is 3. The second-order valence-electron chi connectivity index (χ2n) is 6.56. The molecule has 0 radical (unpaired) electrons. The van der Waals surface area contributed by atoms with Crippen molar-refractivity contribution in [2.24, 2.45) is 0 Å². The molecule has 0 spiro atoms. The lowest BCUT2D eigenvalue weighted by Gasteiger charge is -2.25. The highest BCUT2D eigenvalue weighted by Crippen LogP contribution is 2.31. The van der Waals surface area contributed by atoms with Gasteiger partial charge in [0.15, 0.2) is 5.11 Å². The van der Waals surface area contributed by atoms with Crippen molar-refractivity contribution >= 4 is 35.0 Å². The lowest BCUT2D eigenvalue weighted by Crippen LogP contribution is -2.49. The zero-order valence-electron chi connectivity index (χ0n) is 15.5. The van der Waals surface area contributed by atoms with E-state index in [4.69, 9.17) is 12.2 Å². The van der Waals surface area contributed by atoms with Crippen molar-refractivity contribution in [1.82, 2.24) is 15.8 Å². The van der Waals surface area contributed by atoms with Gasteiger partial charge < -0.3 is 10.6 Å². The van der Waals surface area contributed by atoms with Gasteiger partial charge in [-0.25, -0.2) is 4.79 Å². The largest absolute Gasteiger partial charge is 0.344 e. The minimum absolute atomic E-state index is 0.168. The SMILES string of the molecule is CC[C@]1(c2ccccc2)NC(=O)N(NC(=S)Nc2ccc(C)c(C)c2)C1=O. The number of rotatable bonds is 4. The van der Waals surface area contributed by atoms with E-state index < -0.39 is 11.6 Å². The molecule has 1 aliphatic heterocycles. The van der Waals surface area contributed by atoms with Gasteiger partial charge >= 0.3 is 6.03 Å². The van der Waals surface area contributed by atoms with Crippen molar-refractivity contribution in [3.05, 3.63) is 65.2 Å². The summed E-state index contributed by atoms with van der Waals surface area (Å²) in [4.78, 5) is 25.5. The first kappa shape index (κ1) is 18.8. The quantitative estimate of drug-likeness (QED) is 0.559. The molecule has 0 bridgehead atoms. The van der Waals surface area contributed by atoms with Gasteiger partial charge in [-0.3, -0.25) is 10.2 Å². The molecule has 1 aliphatic rings. The van der Waals surface area contributed by atoms with E-state index in [-0.39, 0.29) is 11.0 Å². The van der Waals surface area contributed by atoms with Crippen LogP contribution in [0.4, 0.5) is 10.5 Å². The van der Waals surface area contributed by atoms with Crippen LogP contribution in [0.25, 0.3) is 0 Å². The Hall–Kier alpha value is -2.93. The summed E-state index contributed by atoms with van der Waals surface area (Å²) in [6, 6.07) is 14.5. The zero-order chi connectivity index (χ0) is 19.6. The maximum Gasteiger partial charge on any atom is 0.344 e. The number of imide groups is 1. The first-order valence-corrected chi connectivity index (χ1v) is 9.15. The van der Waals surface area contributed by atoms with Crippen LogP contribution < -0.4 is 16.1 Å². The van der Waals surface area contributed by atoms with Gasteiger partial charge in [-0.15, -0.1) is 0 Å². The number of hydrazine groups is 1. The Bertz CT molecular complexity index is 900. The number of benzene rings is 2. The minimum Gasteiger partial charge on any atom is -0.331 e. The van der Waals surface area contributed by atoms with Crippen LogP contribution in [-0.4, -0.2) is 22.1 Å². The topological polar surface area (TPSA) is 73.5 Å². The van der Waals surface area contributed by atoms with E-state index in [0.717, 1.165) is 21.8 Å². The zero-order valence-corrected chi connectivity index (χ0v) is 16.3. The molecule has 1 atom stereocenters. The summed E-state index contributed by atoms with van der Waals surface area (Å²) in [7, 11) is 0. The van der Waals surface area contributed by atoms with Crippen molar-refractivity contribution in [1.29, 1.82) is 0 Å². The fraction of sp³-hybridized carbons (Fsp3) is 0.250. The van der Waals surface area contributed by atoms with Crippen LogP contribution in [0, 0.1) is 13.8 Å². The molecule has 0 aliphatic carbocycles. The molecule has 2 aromatic carbocycles. The van der Waals surface area contributed by atoms with Crippen LogP contribution in [0.1, 0.15) is 30.0 Å². The van der Waals surface area contributed by atoms with Crippen LogP contribution >= 0.6 is 12.2 Å². The van der Waals surface area contributed by atoms with Crippen molar-refractivity contribution in [2.75, 3.05) is 5.32 Å². The number of amides is 3. The van der Waals surface area contributed by atoms with E-state index in [9.17, 15) is 9.59 Å². The Balaban J connectivity index is 1.77. The summed E-state index contributed by atoms with van der Waals surface area (Å²) in [6.07, 6.45) is 0.428. The highest BCUT2D eigenvalue weighted by Gasteiger charge is 2.51. The number of nitrogens with zero attached hydrogens (tertiary/aromatic N) is 1.